The van der Waals surface area contributed by atoms with Crippen LogP contribution in [0.5, 0.6) is 0 Å². The smallest absolute Gasteiger partial charge is 0.311 e. The van der Waals surface area contributed by atoms with Gasteiger partial charge in [-0.2, -0.15) is 5.26 Å². The number of anilines is 1. The molecular formula is C20H21ClN4O3. The molecular weight excluding hydrogens is 380 g/mol. The van der Waals surface area contributed by atoms with Crippen molar-refractivity contribution in [3.05, 3.63) is 29.2 Å². The Labute approximate surface area is 168 Å². The van der Waals surface area contributed by atoms with Crippen molar-refractivity contribution in [2.75, 3.05) is 11.9 Å². The standard InChI is InChI=1S/C20H21ClN4O3/c1-2-27-19(26)17-11-3-5-12(6-4-11)18(17)24-16-9-14(23-20(21)25-16)15-8-7-13(10-22)28-15/h7-9,11-12,17-18H,2-6H2,1H3,(H,23,24,25)/t11?,12?,17-,18-/m1/s1. The van der Waals surface area contributed by atoms with E-state index in [0.717, 1.165) is 25.7 Å². The Morgan fingerprint density at radius 3 is 2.75 bits per heavy atom. The first-order valence-corrected chi connectivity index (χ1v) is 9.95. The van der Waals surface area contributed by atoms with E-state index in [2.05, 4.69) is 15.3 Å². The third-order valence-corrected chi connectivity index (χ3v) is 5.93. The van der Waals surface area contributed by atoms with E-state index >= 15 is 0 Å². The highest BCUT2D eigenvalue weighted by Crippen LogP contribution is 2.46. The van der Waals surface area contributed by atoms with E-state index in [4.69, 9.17) is 26.0 Å². The summed E-state index contributed by atoms with van der Waals surface area (Å²) in [6.07, 6.45) is 4.30. The van der Waals surface area contributed by atoms with Gasteiger partial charge in [0, 0.05) is 12.1 Å². The van der Waals surface area contributed by atoms with Gasteiger partial charge < -0.3 is 14.5 Å². The summed E-state index contributed by atoms with van der Waals surface area (Å²) in [5.74, 6) is 1.59. The molecule has 28 heavy (non-hydrogen) atoms. The number of carbonyl (C=O) groups is 1. The molecule has 146 valence electrons. The highest BCUT2D eigenvalue weighted by atomic mass is 35.5. The van der Waals surface area contributed by atoms with Crippen LogP contribution in [0.2, 0.25) is 5.28 Å². The number of carbonyl (C=O) groups excluding carboxylic acids is 1. The zero-order valence-corrected chi connectivity index (χ0v) is 16.3. The van der Waals surface area contributed by atoms with Crippen LogP contribution in [0.25, 0.3) is 11.5 Å². The highest BCUT2D eigenvalue weighted by molar-refractivity contribution is 6.28. The number of nitrogens with one attached hydrogen (secondary N) is 1. The van der Waals surface area contributed by atoms with Crippen LogP contribution < -0.4 is 5.32 Å². The molecule has 0 spiro atoms. The highest BCUT2D eigenvalue weighted by Gasteiger charge is 2.48. The Morgan fingerprint density at radius 2 is 2.07 bits per heavy atom. The predicted octanol–water partition coefficient (Wildman–Crippen LogP) is 4.04. The van der Waals surface area contributed by atoms with Crippen molar-refractivity contribution in [2.24, 2.45) is 17.8 Å². The number of fused-ring (bicyclic) bond motifs is 3. The molecule has 0 amide bonds. The van der Waals surface area contributed by atoms with Gasteiger partial charge >= 0.3 is 5.97 Å². The van der Waals surface area contributed by atoms with E-state index in [1.807, 2.05) is 13.0 Å². The number of halogens is 1. The Hall–Kier alpha value is -2.59. The molecule has 0 unspecified atom stereocenters. The maximum atomic E-state index is 12.6. The lowest BCUT2D eigenvalue weighted by Crippen LogP contribution is -2.52. The van der Waals surface area contributed by atoms with E-state index < -0.39 is 0 Å². The molecule has 1 N–H and O–H groups in total. The van der Waals surface area contributed by atoms with Gasteiger partial charge in [0.25, 0.3) is 0 Å². The number of aromatic nitrogens is 2. The molecule has 8 heteroatoms. The molecule has 0 radical (unpaired) electrons. The van der Waals surface area contributed by atoms with Gasteiger partial charge in [-0.3, -0.25) is 4.79 Å². The van der Waals surface area contributed by atoms with Gasteiger partial charge in [0.1, 0.15) is 17.6 Å². The van der Waals surface area contributed by atoms with E-state index in [1.165, 1.54) is 0 Å². The number of esters is 1. The average molecular weight is 401 g/mol. The largest absolute Gasteiger partial charge is 0.466 e. The van der Waals surface area contributed by atoms with Crippen molar-refractivity contribution in [3.8, 4) is 17.5 Å². The lowest BCUT2D eigenvalue weighted by molar-refractivity contribution is -0.154. The molecule has 2 aromatic rings. The molecule has 5 rings (SSSR count). The second-order valence-electron chi connectivity index (χ2n) is 7.31. The topological polar surface area (TPSA) is 101 Å². The molecule has 0 aliphatic heterocycles. The van der Waals surface area contributed by atoms with E-state index in [0.29, 0.717) is 35.7 Å². The minimum Gasteiger partial charge on any atom is -0.466 e. The molecule has 3 aliphatic carbocycles. The van der Waals surface area contributed by atoms with Crippen molar-refractivity contribution in [3.63, 3.8) is 0 Å². The minimum absolute atomic E-state index is 0.0448. The first-order valence-electron chi connectivity index (χ1n) is 9.57. The molecule has 2 aromatic heterocycles. The Bertz CT molecular complexity index is 914. The van der Waals surface area contributed by atoms with Crippen LogP contribution in [0.1, 0.15) is 38.4 Å². The summed E-state index contributed by atoms with van der Waals surface area (Å²) < 4.78 is 10.8. The fraction of sp³-hybridized carbons (Fsp3) is 0.500. The number of hydrogen-bond donors (Lipinski definition) is 1. The monoisotopic (exact) mass is 400 g/mol. The predicted molar refractivity (Wildman–Crippen MR) is 102 cm³/mol. The van der Waals surface area contributed by atoms with Gasteiger partial charge in [-0.25, -0.2) is 9.97 Å². The summed E-state index contributed by atoms with van der Waals surface area (Å²) in [4.78, 5) is 21.1. The van der Waals surface area contributed by atoms with Gasteiger partial charge in [-0.05, 0) is 68.2 Å². The van der Waals surface area contributed by atoms with Crippen LogP contribution in [0.3, 0.4) is 0 Å². The number of rotatable bonds is 5. The van der Waals surface area contributed by atoms with E-state index in [9.17, 15) is 4.79 Å². The van der Waals surface area contributed by atoms with Crippen LogP contribution >= 0.6 is 11.6 Å². The molecule has 3 saturated carbocycles. The summed E-state index contributed by atoms with van der Waals surface area (Å²) in [7, 11) is 0. The Balaban J connectivity index is 1.62. The average Bonchev–Trinajstić information content (AvgIpc) is 3.18. The number of nitrogens with zero attached hydrogens (tertiary/aromatic N) is 3. The molecule has 0 saturated heterocycles. The third-order valence-electron chi connectivity index (χ3n) is 5.76. The summed E-state index contributed by atoms with van der Waals surface area (Å²) >= 11 is 6.13. The summed E-state index contributed by atoms with van der Waals surface area (Å²) in [6.45, 7) is 2.21. The van der Waals surface area contributed by atoms with E-state index in [1.54, 1.807) is 18.2 Å². The maximum Gasteiger partial charge on any atom is 0.311 e. The quantitative estimate of drug-likeness (QED) is 0.596. The molecule has 7 nitrogen and oxygen atoms in total. The van der Waals surface area contributed by atoms with Crippen LogP contribution in [-0.4, -0.2) is 28.6 Å². The van der Waals surface area contributed by atoms with Gasteiger partial charge in [-0.15, -0.1) is 0 Å². The fourth-order valence-electron chi connectivity index (χ4n) is 4.56. The van der Waals surface area contributed by atoms with Crippen LogP contribution in [0, 0.1) is 29.1 Å². The van der Waals surface area contributed by atoms with Crippen molar-refractivity contribution in [1.29, 1.82) is 5.26 Å². The number of hydrogen-bond acceptors (Lipinski definition) is 7. The number of nitriles is 1. The van der Waals surface area contributed by atoms with Crippen LogP contribution in [0.15, 0.2) is 22.6 Å². The van der Waals surface area contributed by atoms with Crippen molar-refractivity contribution >= 4 is 23.4 Å². The maximum absolute atomic E-state index is 12.6. The lowest BCUT2D eigenvalue weighted by atomic mass is 9.61. The minimum atomic E-state index is -0.182. The fourth-order valence-corrected chi connectivity index (χ4v) is 4.74. The van der Waals surface area contributed by atoms with Gasteiger partial charge in [0.05, 0.1) is 12.5 Å². The number of furan rings is 1. The van der Waals surface area contributed by atoms with Crippen molar-refractivity contribution in [2.45, 2.75) is 38.6 Å². The van der Waals surface area contributed by atoms with Crippen LogP contribution in [0.4, 0.5) is 5.82 Å². The Kier molecular flexibility index (Phi) is 5.23. The third kappa shape index (κ3) is 3.57. The van der Waals surface area contributed by atoms with Gasteiger partial charge in [0.15, 0.2) is 5.76 Å². The summed E-state index contributed by atoms with van der Waals surface area (Å²) in [6, 6.07) is 6.89. The van der Waals surface area contributed by atoms with Crippen molar-refractivity contribution in [1.82, 2.24) is 9.97 Å². The zero-order valence-electron chi connectivity index (χ0n) is 15.5. The molecule has 2 bridgehead atoms. The second-order valence-corrected chi connectivity index (χ2v) is 7.64. The van der Waals surface area contributed by atoms with E-state index in [-0.39, 0.29) is 29.0 Å². The first kappa shape index (κ1) is 18.8. The second kappa shape index (κ2) is 7.80. The normalized spacial score (nSPS) is 25.9. The molecule has 2 atom stereocenters. The van der Waals surface area contributed by atoms with Crippen molar-refractivity contribution < 1.29 is 13.9 Å². The summed E-state index contributed by atoms with van der Waals surface area (Å²) in [5, 5.41) is 12.5. The van der Waals surface area contributed by atoms with Gasteiger partial charge in [-0.1, -0.05) is 0 Å². The molecule has 3 aliphatic rings. The Morgan fingerprint density at radius 1 is 1.32 bits per heavy atom. The molecule has 3 fully saturated rings. The molecule has 2 heterocycles. The first-order chi connectivity index (χ1) is 13.6. The SMILES string of the molecule is CCOC(=O)[C@@H]1C2CCC(CC2)[C@H]1Nc1cc(-c2ccc(C#N)o2)nc(Cl)n1. The molecule has 0 aromatic carbocycles. The number of ether oxygens (including phenoxy) is 1. The lowest BCUT2D eigenvalue weighted by Gasteiger charge is -2.47. The zero-order chi connectivity index (χ0) is 19.7. The van der Waals surface area contributed by atoms with Gasteiger partial charge in [0.2, 0.25) is 11.0 Å². The summed E-state index contributed by atoms with van der Waals surface area (Å²) in [5.41, 5.74) is 0.484. The van der Waals surface area contributed by atoms with Crippen LogP contribution in [-0.2, 0) is 9.53 Å².